The van der Waals surface area contributed by atoms with Gasteiger partial charge in [-0.2, -0.15) is 0 Å². The third-order valence-electron chi connectivity index (χ3n) is 8.00. The van der Waals surface area contributed by atoms with Gasteiger partial charge in [0.25, 0.3) is 0 Å². The summed E-state index contributed by atoms with van der Waals surface area (Å²) >= 11 is 0. The monoisotopic (exact) mass is 550 g/mol. The van der Waals surface area contributed by atoms with E-state index in [-0.39, 0.29) is 11.7 Å². The Bertz CT molecular complexity index is 1620. The van der Waals surface area contributed by atoms with E-state index in [1.165, 1.54) is 26.4 Å². The number of benzene rings is 3. The number of aliphatic imine (C=N–C) groups is 1. The summed E-state index contributed by atoms with van der Waals surface area (Å²) in [6.07, 6.45) is 4.47. The second-order valence-electron chi connectivity index (χ2n) is 10.8. The minimum absolute atomic E-state index is 0.0239. The van der Waals surface area contributed by atoms with Crippen molar-refractivity contribution in [3.8, 4) is 5.88 Å². The molecule has 0 saturated carbocycles. The molecule has 8 nitrogen and oxygen atoms in total. The molecule has 2 aliphatic heterocycles. The number of ketones is 1. The molecule has 0 atom stereocenters. The quantitative estimate of drug-likeness (QED) is 0.230. The molecular formula is C33H34N4O4. The summed E-state index contributed by atoms with van der Waals surface area (Å²) < 4.78 is 4.85. The third kappa shape index (κ3) is 5.60. The SMILES string of the molecule is COC(=O)c1ccc2c(C(=Nc3ccc4c(c3)CCN4CC(=O)CN3CCCCC3)c3ccccc3)c(O)[nH]c2c1. The lowest BCUT2D eigenvalue weighted by molar-refractivity contribution is -0.119. The Morgan fingerprint density at radius 3 is 2.51 bits per heavy atom. The number of anilines is 1. The summed E-state index contributed by atoms with van der Waals surface area (Å²) in [7, 11) is 1.34. The molecule has 210 valence electrons. The van der Waals surface area contributed by atoms with E-state index in [2.05, 4.69) is 26.9 Å². The topological polar surface area (TPSA) is 98.2 Å². The number of carbonyl (C=O) groups excluding carboxylic acids is 2. The Labute approximate surface area is 239 Å². The number of methoxy groups -OCH3 is 1. The van der Waals surface area contributed by atoms with E-state index in [0.717, 1.165) is 53.9 Å². The average Bonchev–Trinajstić information content (AvgIpc) is 3.55. The van der Waals surface area contributed by atoms with Gasteiger partial charge in [-0.05, 0) is 68.2 Å². The molecule has 3 heterocycles. The molecule has 0 unspecified atom stereocenters. The molecule has 1 fully saturated rings. The fourth-order valence-electron chi connectivity index (χ4n) is 5.98. The number of likely N-dealkylation sites (tertiary alicyclic amines) is 1. The number of piperidine rings is 1. The number of Topliss-reactive ketones (excluding diaryl/α,β-unsaturated/α-hetero) is 1. The van der Waals surface area contributed by atoms with Crippen LogP contribution in [-0.4, -0.2) is 72.3 Å². The van der Waals surface area contributed by atoms with Crippen LogP contribution in [0.25, 0.3) is 10.9 Å². The molecule has 2 N–H and O–H groups in total. The Kier molecular flexibility index (Phi) is 7.57. The maximum atomic E-state index is 12.8. The van der Waals surface area contributed by atoms with E-state index in [4.69, 9.17) is 9.73 Å². The summed E-state index contributed by atoms with van der Waals surface area (Å²) in [4.78, 5) is 37.4. The lowest BCUT2D eigenvalue weighted by atomic mass is 10.00. The minimum atomic E-state index is -0.445. The highest BCUT2D eigenvalue weighted by Gasteiger charge is 2.24. The van der Waals surface area contributed by atoms with Gasteiger partial charge < -0.3 is 19.7 Å². The maximum absolute atomic E-state index is 12.8. The molecule has 4 aromatic rings. The van der Waals surface area contributed by atoms with Crippen molar-refractivity contribution in [3.05, 3.63) is 89.0 Å². The predicted molar refractivity (Wildman–Crippen MR) is 161 cm³/mol. The van der Waals surface area contributed by atoms with Crippen LogP contribution >= 0.6 is 0 Å². The first-order chi connectivity index (χ1) is 20.0. The molecule has 0 spiro atoms. The number of nitrogens with one attached hydrogen (secondary N) is 1. The lowest BCUT2D eigenvalue weighted by Crippen LogP contribution is -2.39. The number of H-pyrrole nitrogens is 1. The van der Waals surface area contributed by atoms with Gasteiger partial charge in [-0.15, -0.1) is 0 Å². The number of carbonyl (C=O) groups is 2. The van der Waals surface area contributed by atoms with E-state index >= 15 is 0 Å². The Morgan fingerprint density at radius 2 is 1.73 bits per heavy atom. The van der Waals surface area contributed by atoms with Crippen LogP contribution in [0, 0.1) is 0 Å². The smallest absolute Gasteiger partial charge is 0.337 e. The van der Waals surface area contributed by atoms with E-state index in [1.807, 2.05) is 36.4 Å². The van der Waals surface area contributed by atoms with Crippen molar-refractivity contribution in [3.63, 3.8) is 0 Å². The molecule has 8 heteroatoms. The highest BCUT2D eigenvalue weighted by molar-refractivity contribution is 6.22. The number of esters is 1. The average molecular weight is 551 g/mol. The second kappa shape index (κ2) is 11.6. The zero-order chi connectivity index (χ0) is 28.3. The van der Waals surface area contributed by atoms with Crippen molar-refractivity contribution >= 4 is 39.7 Å². The molecule has 0 amide bonds. The number of aromatic amines is 1. The summed E-state index contributed by atoms with van der Waals surface area (Å²) in [5.41, 5.74) is 6.05. The van der Waals surface area contributed by atoms with Gasteiger partial charge in [0.1, 0.15) is 0 Å². The molecule has 1 aromatic heterocycles. The molecule has 0 bridgehead atoms. The zero-order valence-corrected chi connectivity index (χ0v) is 23.2. The van der Waals surface area contributed by atoms with Crippen LogP contribution in [0.1, 0.15) is 46.3 Å². The maximum Gasteiger partial charge on any atom is 0.337 e. The third-order valence-corrected chi connectivity index (χ3v) is 8.00. The van der Waals surface area contributed by atoms with Crippen molar-refractivity contribution in [1.82, 2.24) is 9.88 Å². The molecular weight excluding hydrogens is 516 g/mol. The number of aromatic hydroxyl groups is 1. The first kappa shape index (κ1) is 26.8. The van der Waals surface area contributed by atoms with Gasteiger partial charge in [0.2, 0.25) is 0 Å². The number of ether oxygens (including phenoxy) is 1. The second-order valence-corrected chi connectivity index (χ2v) is 10.8. The van der Waals surface area contributed by atoms with Crippen molar-refractivity contribution in [2.45, 2.75) is 25.7 Å². The van der Waals surface area contributed by atoms with Crippen LogP contribution in [0.15, 0.2) is 71.7 Å². The standard InChI is InChI=1S/C33H34N4O4/c1-41-33(40)24-10-12-27-28(19-24)35-32(39)30(27)31(22-8-4-2-5-9-22)34-25-11-13-29-23(18-25)14-17-37(29)21-26(38)20-36-15-6-3-7-16-36/h2,4-5,8-13,18-19,35,39H,3,6-7,14-17,20-21H2,1H3. The number of fused-ring (bicyclic) bond motifs is 2. The summed E-state index contributed by atoms with van der Waals surface area (Å²) in [5.74, 6) is -0.206. The Morgan fingerprint density at radius 1 is 0.927 bits per heavy atom. The highest BCUT2D eigenvalue weighted by Crippen LogP contribution is 2.35. The van der Waals surface area contributed by atoms with Gasteiger partial charge >= 0.3 is 5.97 Å². The van der Waals surface area contributed by atoms with Crippen molar-refractivity contribution in [2.75, 3.05) is 44.7 Å². The van der Waals surface area contributed by atoms with Crippen LogP contribution in [0.2, 0.25) is 0 Å². The molecule has 41 heavy (non-hydrogen) atoms. The van der Waals surface area contributed by atoms with Crippen LogP contribution < -0.4 is 4.90 Å². The number of hydrogen-bond donors (Lipinski definition) is 2. The van der Waals surface area contributed by atoms with Gasteiger partial charge in [-0.1, -0.05) is 42.8 Å². The molecule has 2 aliphatic rings. The summed E-state index contributed by atoms with van der Waals surface area (Å²) in [5, 5.41) is 11.8. The van der Waals surface area contributed by atoms with Crippen molar-refractivity contribution in [1.29, 1.82) is 0 Å². The zero-order valence-electron chi connectivity index (χ0n) is 23.2. The Balaban J connectivity index is 1.31. The number of nitrogens with zero attached hydrogens (tertiary/aromatic N) is 3. The fourth-order valence-corrected chi connectivity index (χ4v) is 5.98. The largest absolute Gasteiger partial charge is 0.494 e. The van der Waals surface area contributed by atoms with E-state index in [9.17, 15) is 14.7 Å². The van der Waals surface area contributed by atoms with Crippen LogP contribution in [0.4, 0.5) is 11.4 Å². The molecule has 1 saturated heterocycles. The molecule has 0 aliphatic carbocycles. The number of hydrogen-bond acceptors (Lipinski definition) is 7. The van der Waals surface area contributed by atoms with Gasteiger partial charge in [0, 0.05) is 28.7 Å². The van der Waals surface area contributed by atoms with Gasteiger partial charge in [-0.3, -0.25) is 9.69 Å². The summed E-state index contributed by atoms with van der Waals surface area (Å²) in [6.45, 7) is 3.81. The van der Waals surface area contributed by atoms with Gasteiger partial charge in [0.05, 0.1) is 42.7 Å². The van der Waals surface area contributed by atoms with Crippen LogP contribution in [-0.2, 0) is 16.0 Å². The van der Waals surface area contributed by atoms with Crippen molar-refractivity contribution in [2.24, 2.45) is 4.99 Å². The van der Waals surface area contributed by atoms with E-state index in [0.29, 0.717) is 35.4 Å². The minimum Gasteiger partial charge on any atom is -0.494 e. The molecule has 0 radical (unpaired) electrons. The normalized spacial score (nSPS) is 15.7. The molecule has 3 aromatic carbocycles. The van der Waals surface area contributed by atoms with Gasteiger partial charge in [-0.25, -0.2) is 9.79 Å². The van der Waals surface area contributed by atoms with Gasteiger partial charge in [0.15, 0.2) is 11.7 Å². The van der Waals surface area contributed by atoms with E-state index in [1.54, 1.807) is 18.2 Å². The lowest BCUT2D eigenvalue weighted by Gasteiger charge is -2.27. The van der Waals surface area contributed by atoms with Crippen molar-refractivity contribution < 1.29 is 19.4 Å². The Hall–Kier alpha value is -4.43. The molecule has 6 rings (SSSR count). The number of rotatable bonds is 8. The highest BCUT2D eigenvalue weighted by atomic mass is 16.5. The first-order valence-electron chi connectivity index (χ1n) is 14.2. The first-order valence-corrected chi connectivity index (χ1v) is 14.2. The van der Waals surface area contributed by atoms with E-state index < -0.39 is 5.97 Å². The van der Waals surface area contributed by atoms with Crippen LogP contribution in [0.5, 0.6) is 5.88 Å². The predicted octanol–water partition coefficient (Wildman–Crippen LogP) is 5.25. The summed E-state index contributed by atoms with van der Waals surface area (Å²) in [6, 6.07) is 21.0. The number of aromatic nitrogens is 1. The van der Waals surface area contributed by atoms with Crippen LogP contribution in [0.3, 0.4) is 0 Å². The fraction of sp³-hybridized carbons (Fsp3) is 0.303.